The van der Waals surface area contributed by atoms with Gasteiger partial charge in [-0.3, -0.25) is 9.59 Å². The molecule has 1 amide bonds. The van der Waals surface area contributed by atoms with Crippen LogP contribution in [0.2, 0.25) is 0 Å². The van der Waals surface area contributed by atoms with Crippen molar-refractivity contribution in [3.8, 4) is 0 Å². The molecule has 110 valence electrons. The number of nitrogens with one attached hydrogen (secondary N) is 1. The number of carboxylic acids is 1. The number of aromatic nitrogens is 1. The van der Waals surface area contributed by atoms with Crippen molar-refractivity contribution in [2.45, 2.75) is 32.6 Å². The van der Waals surface area contributed by atoms with Crippen LogP contribution in [-0.4, -0.2) is 33.6 Å². The van der Waals surface area contributed by atoms with Gasteiger partial charge in [0.2, 0.25) is 5.91 Å². The highest BCUT2D eigenvalue weighted by atomic mass is 32.2. The SMILES string of the molecule is Cc1cc(NC(=O)CCSCC2(CC(=O)O)CC2)no1. The number of carboxylic acid groups (broad SMARTS) is 1. The molecule has 0 saturated heterocycles. The fourth-order valence-electron chi connectivity index (χ4n) is 1.95. The summed E-state index contributed by atoms with van der Waals surface area (Å²) in [7, 11) is 0. The van der Waals surface area contributed by atoms with Crippen molar-refractivity contribution in [1.82, 2.24) is 5.16 Å². The summed E-state index contributed by atoms with van der Waals surface area (Å²) >= 11 is 1.64. The van der Waals surface area contributed by atoms with Gasteiger partial charge in [0, 0.05) is 18.2 Å². The van der Waals surface area contributed by atoms with Crippen LogP contribution in [0.15, 0.2) is 10.6 Å². The number of thioether (sulfide) groups is 1. The molecule has 0 aromatic carbocycles. The molecule has 7 heteroatoms. The van der Waals surface area contributed by atoms with E-state index >= 15 is 0 Å². The van der Waals surface area contributed by atoms with Crippen LogP contribution >= 0.6 is 11.8 Å². The van der Waals surface area contributed by atoms with Gasteiger partial charge in [-0.15, -0.1) is 0 Å². The molecule has 0 aliphatic heterocycles. The van der Waals surface area contributed by atoms with Crippen LogP contribution < -0.4 is 5.32 Å². The summed E-state index contributed by atoms with van der Waals surface area (Å²) in [6.07, 6.45) is 2.59. The first-order valence-corrected chi connectivity index (χ1v) is 7.67. The van der Waals surface area contributed by atoms with E-state index in [0.29, 0.717) is 23.8 Å². The molecule has 0 radical (unpaired) electrons. The van der Waals surface area contributed by atoms with Crippen molar-refractivity contribution in [2.24, 2.45) is 5.41 Å². The molecule has 1 aromatic heterocycles. The molecule has 0 bridgehead atoms. The summed E-state index contributed by atoms with van der Waals surface area (Å²) in [6, 6.07) is 1.66. The normalized spacial score (nSPS) is 15.8. The maximum Gasteiger partial charge on any atom is 0.303 e. The van der Waals surface area contributed by atoms with E-state index in [4.69, 9.17) is 9.63 Å². The quantitative estimate of drug-likeness (QED) is 0.715. The largest absolute Gasteiger partial charge is 0.481 e. The van der Waals surface area contributed by atoms with Gasteiger partial charge in [-0.1, -0.05) is 5.16 Å². The maximum atomic E-state index is 11.6. The number of hydrogen-bond acceptors (Lipinski definition) is 5. The summed E-state index contributed by atoms with van der Waals surface area (Å²) in [5.41, 5.74) is -0.0177. The molecule has 0 unspecified atom stereocenters. The van der Waals surface area contributed by atoms with Gasteiger partial charge in [-0.05, 0) is 30.9 Å². The highest BCUT2D eigenvalue weighted by Gasteiger charge is 2.43. The van der Waals surface area contributed by atoms with E-state index in [2.05, 4.69) is 10.5 Å². The number of rotatable bonds is 8. The number of anilines is 1. The van der Waals surface area contributed by atoms with Crippen molar-refractivity contribution in [1.29, 1.82) is 0 Å². The predicted molar refractivity (Wildman–Crippen MR) is 75.7 cm³/mol. The molecule has 2 N–H and O–H groups in total. The zero-order valence-electron chi connectivity index (χ0n) is 11.3. The van der Waals surface area contributed by atoms with Gasteiger partial charge in [0.15, 0.2) is 5.82 Å². The van der Waals surface area contributed by atoms with Crippen LogP contribution in [0.25, 0.3) is 0 Å². The molecular formula is C13H18N2O4S. The minimum absolute atomic E-state index is 0.0177. The second kappa shape index (κ2) is 6.30. The van der Waals surface area contributed by atoms with Crippen LogP contribution in [0.5, 0.6) is 0 Å². The van der Waals surface area contributed by atoms with E-state index in [1.807, 2.05) is 0 Å². The van der Waals surface area contributed by atoms with Crippen LogP contribution in [0.3, 0.4) is 0 Å². The Morgan fingerprint density at radius 2 is 2.30 bits per heavy atom. The molecule has 0 atom stereocenters. The van der Waals surface area contributed by atoms with E-state index < -0.39 is 5.97 Å². The van der Waals surface area contributed by atoms with Gasteiger partial charge < -0.3 is 14.9 Å². The third-order valence-electron chi connectivity index (χ3n) is 3.26. The second-order valence-electron chi connectivity index (χ2n) is 5.24. The molecule has 0 spiro atoms. The molecule has 1 fully saturated rings. The smallest absolute Gasteiger partial charge is 0.303 e. The summed E-state index contributed by atoms with van der Waals surface area (Å²) < 4.78 is 4.86. The molecular weight excluding hydrogens is 280 g/mol. The lowest BCUT2D eigenvalue weighted by molar-refractivity contribution is -0.138. The third-order valence-corrected chi connectivity index (χ3v) is 4.57. The molecule has 20 heavy (non-hydrogen) atoms. The fraction of sp³-hybridized carbons (Fsp3) is 0.615. The van der Waals surface area contributed by atoms with Crippen molar-refractivity contribution in [3.05, 3.63) is 11.8 Å². The Hall–Kier alpha value is -1.50. The van der Waals surface area contributed by atoms with Gasteiger partial charge in [0.1, 0.15) is 5.76 Å². The van der Waals surface area contributed by atoms with Crippen LogP contribution in [0, 0.1) is 12.3 Å². The Balaban J connectivity index is 1.61. The van der Waals surface area contributed by atoms with Crippen LogP contribution in [-0.2, 0) is 9.59 Å². The number of aryl methyl sites for hydroxylation is 1. The molecule has 6 nitrogen and oxygen atoms in total. The average Bonchev–Trinajstić information content (AvgIpc) is 2.99. The van der Waals surface area contributed by atoms with Gasteiger partial charge in [0.25, 0.3) is 0 Å². The number of hydrogen-bond donors (Lipinski definition) is 2. The summed E-state index contributed by atoms with van der Waals surface area (Å²) in [4.78, 5) is 22.4. The lowest BCUT2D eigenvalue weighted by atomic mass is 10.1. The van der Waals surface area contributed by atoms with E-state index in [9.17, 15) is 9.59 Å². The zero-order valence-corrected chi connectivity index (χ0v) is 12.2. The topological polar surface area (TPSA) is 92.4 Å². The first kappa shape index (κ1) is 14.9. The van der Waals surface area contributed by atoms with Crippen molar-refractivity contribution in [2.75, 3.05) is 16.8 Å². The van der Waals surface area contributed by atoms with E-state index in [1.165, 1.54) is 0 Å². The van der Waals surface area contributed by atoms with Gasteiger partial charge >= 0.3 is 5.97 Å². The summed E-state index contributed by atoms with van der Waals surface area (Å²) in [6.45, 7) is 1.76. The van der Waals surface area contributed by atoms with Gasteiger partial charge in [-0.25, -0.2) is 0 Å². The zero-order chi connectivity index (χ0) is 14.6. The molecule has 2 rings (SSSR count). The third kappa shape index (κ3) is 4.56. The van der Waals surface area contributed by atoms with E-state index in [0.717, 1.165) is 18.6 Å². The molecule has 1 aliphatic carbocycles. The molecule has 1 heterocycles. The van der Waals surface area contributed by atoms with Crippen LogP contribution in [0.1, 0.15) is 31.4 Å². The number of carbonyl (C=O) groups is 2. The predicted octanol–water partition coefficient (Wildman–Crippen LogP) is 2.30. The van der Waals surface area contributed by atoms with Crippen molar-refractivity contribution >= 4 is 29.5 Å². The Kier molecular flexibility index (Phi) is 4.69. The minimum atomic E-state index is -0.734. The van der Waals surface area contributed by atoms with Gasteiger partial charge in [0.05, 0.1) is 6.42 Å². The fourth-order valence-corrected chi connectivity index (χ4v) is 3.25. The first-order chi connectivity index (χ1) is 9.49. The first-order valence-electron chi connectivity index (χ1n) is 6.52. The second-order valence-corrected chi connectivity index (χ2v) is 6.35. The molecule has 1 aliphatic rings. The number of nitrogens with zero attached hydrogens (tertiary/aromatic N) is 1. The molecule has 1 aromatic rings. The number of aliphatic carboxylic acids is 1. The minimum Gasteiger partial charge on any atom is -0.481 e. The van der Waals surface area contributed by atoms with Crippen LogP contribution in [0.4, 0.5) is 5.82 Å². The van der Waals surface area contributed by atoms with Crippen molar-refractivity contribution < 1.29 is 19.2 Å². The highest BCUT2D eigenvalue weighted by molar-refractivity contribution is 7.99. The van der Waals surface area contributed by atoms with Crippen molar-refractivity contribution in [3.63, 3.8) is 0 Å². The summed E-state index contributed by atoms with van der Waals surface area (Å²) in [5.74, 6) is 1.75. The monoisotopic (exact) mass is 298 g/mol. The summed E-state index contributed by atoms with van der Waals surface area (Å²) in [5, 5.41) is 15.2. The van der Waals surface area contributed by atoms with E-state index in [-0.39, 0.29) is 17.7 Å². The van der Waals surface area contributed by atoms with E-state index in [1.54, 1.807) is 24.8 Å². The lowest BCUT2D eigenvalue weighted by Crippen LogP contribution is -2.14. The Morgan fingerprint density at radius 3 is 2.85 bits per heavy atom. The maximum absolute atomic E-state index is 11.6. The standard InChI is InChI=1S/C13H18N2O4S/c1-9-6-10(15-19-9)14-11(16)2-5-20-8-13(3-4-13)7-12(17)18/h6H,2-5,7-8H2,1H3,(H,17,18)(H,14,15,16). The highest BCUT2D eigenvalue weighted by Crippen LogP contribution is 2.51. The Labute approximate surface area is 121 Å². The van der Waals surface area contributed by atoms with Gasteiger partial charge in [-0.2, -0.15) is 11.8 Å². The molecule has 1 saturated carbocycles. The lowest BCUT2D eigenvalue weighted by Gasteiger charge is -2.11. The number of amides is 1. The number of carbonyl (C=O) groups excluding carboxylic acids is 1. The Morgan fingerprint density at radius 1 is 1.55 bits per heavy atom. The average molecular weight is 298 g/mol. The Bertz CT molecular complexity index is 496.